The van der Waals surface area contributed by atoms with E-state index in [4.69, 9.17) is 9.90 Å². The number of carbonyl (C=O) groups is 2. The van der Waals surface area contributed by atoms with E-state index in [9.17, 15) is 4.79 Å². The molecule has 4 fully saturated rings. The maximum Gasteiger partial charge on any atom is 0.300 e. The molecule has 0 bridgehead atoms. The van der Waals surface area contributed by atoms with Gasteiger partial charge in [0.1, 0.15) is 5.78 Å². The molecular weight excluding hydrogens is 324 g/mol. The molecule has 3 nitrogen and oxygen atoms in total. The average molecular weight is 363 g/mol. The van der Waals surface area contributed by atoms with Gasteiger partial charge in [0.2, 0.25) is 0 Å². The van der Waals surface area contributed by atoms with Crippen LogP contribution in [0.25, 0.3) is 0 Å². The van der Waals surface area contributed by atoms with Crippen molar-refractivity contribution in [3.63, 3.8) is 0 Å². The molecule has 148 valence electrons. The first-order chi connectivity index (χ1) is 12.2. The third-order valence-corrected chi connectivity index (χ3v) is 9.02. The minimum Gasteiger partial charge on any atom is -0.481 e. The fourth-order valence-corrected chi connectivity index (χ4v) is 7.81. The highest BCUT2D eigenvalue weighted by Crippen LogP contribution is 2.66. The van der Waals surface area contributed by atoms with Crippen LogP contribution >= 0.6 is 0 Å². The summed E-state index contributed by atoms with van der Waals surface area (Å²) in [6.45, 7) is 8.46. The van der Waals surface area contributed by atoms with Crippen LogP contribution in [0.2, 0.25) is 0 Å². The Balaban J connectivity index is 0.000000447. The predicted molar refractivity (Wildman–Crippen MR) is 104 cm³/mol. The van der Waals surface area contributed by atoms with E-state index in [-0.39, 0.29) is 0 Å². The summed E-state index contributed by atoms with van der Waals surface area (Å²) in [5, 5.41) is 7.42. The zero-order valence-corrected chi connectivity index (χ0v) is 17.2. The van der Waals surface area contributed by atoms with Gasteiger partial charge < -0.3 is 5.11 Å². The van der Waals surface area contributed by atoms with Gasteiger partial charge in [0.15, 0.2) is 0 Å². The molecule has 0 radical (unpaired) electrons. The van der Waals surface area contributed by atoms with E-state index in [1.165, 1.54) is 57.8 Å². The fourth-order valence-electron chi connectivity index (χ4n) is 7.81. The predicted octanol–water partition coefficient (Wildman–Crippen LogP) is 5.72. The number of fused-ring (bicyclic) bond motifs is 5. The Labute approximate surface area is 159 Å². The van der Waals surface area contributed by atoms with Crippen molar-refractivity contribution in [1.29, 1.82) is 0 Å². The van der Waals surface area contributed by atoms with Gasteiger partial charge in [-0.2, -0.15) is 0 Å². The third-order valence-electron chi connectivity index (χ3n) is 9.02. The molecular formula is C23H38O3. The van der Waals surface area contributed by atoms with Gasteiger partial charge in [0.05, 0.1) is 0 Å². The number of ketones is 1. The number of rotatable bonds is 1. The van der Waals surface area contributed by atoms with Crippen molar-refractivity contribution in [2.75, 3.05) is 0 Å². The minimum absolute atomic E-state index is 0.338. The van der Waals surface area contributed by atoms with Gasteiger partial charge in [0.25, 0.3) is 5.97 Å². The molecule has 4 saturated carbocycles. The molecule has 0 aliphatic heterocycles. The van der Waals surface area contributed by atoms with Crippen LogP contribution in [0.15, 0.2) is 0 Å². The molecule has 26 heavy (non-hydrogen) atoms. The fraction of sp³-hybridized carbons (Fsp3) is 0.913. The molecule has 3 heteroatoms. The SMILES string of the molecule is CC(=O)O.CC[C@H]1CC(=O)[C@H]2[C@@H]3CCC4CCCC[C@]4(C)[C@H]3CC[C@]12C. The van der Waals surface area contributed by atoms with Gasteiger partial charge in [-0.15, -0.1) is 0 Å². The lowest BCUT2D eigenvalue weighted by atomic mass is 9.45. The van der Waals surface area contributed by atoms with E-state index < -0.39 is 5.97 Å². The van der Waals surface area contributed by atoms with Crippen LogP contribution < -0.4 is 0 Å². The first-order valence-electron chi connectivity index (χ1n) is 11.0. The van der Waals surface area contributed by atoms with Crippen LogP contribution in [-0.4, -0.2) is 16.9 Å². The van der Waals surface area contributed by atoms with E-state index in [1.54, 1.807) is 0 Å². The molecule has 0 heterocycles. The van der Waals surface area contributed by atoms with Gasteiger partial charge in [-0.05, 0) is 73.0 Å². The molecule has 0 aromatic heterocycles. The van der Waals surface area contributed by atoms with Crippen molar-refractivity contribution in [2.24, 2.45) is 40.4 Å². The lowest BCUT2D eigenvalue weighted by Crippen LogP contribution is -2.53. The molecule has 0 aromatic rings. The number of hydrogen-bond acceptors (Lipinski definition) is 2. The summed E-state index contributed by atoms with van der Waals surface area (Å²) in [6, 6.07) is 0. The summed E-state index contributed by atoms with van der Waals surface area (Å²) in [5.41, 5.74) is 0.901. The van der Waals surface area contributed by atoms with Crippen molar-refractivity contribution in [2.45, 2.75) is 91.9 Å². The largest absolute Gasteiger partial charge is 0.481 e. The second kappa shape index (κ2) is 7.28. The van der Waals surface area contributed by atoms with E-state index in [2.05, 4.69) is 20.8 Å². The average Bonchev–Trinajstić information content (AvgIpc) is 2.84. The van der Waals surface area contributed by atoms with Gasteiger partial charge >= 0.3 is 0 Å². The van der Waals surface area contributed by atoms with Crippen LogP contribution in [0.5, 0.6) is 0 Å². The molecule has 4 aliphatic carbocycles. The summed E-state index contributed by atoms with van der Waals surface area (Å²) in [6.07, 6.45) is 13.4. The lowest BCUT2D eigenvalue weighted by Gasteiger charge is -2.60. The molecule has 0 spiro atoms. The number of carbonyl (C=O) groups excluding carboxylic acids is 1. The van der Waals surface area contributed by atoms with Crippen molar-refractivity contribution in [3.8, 4) is 0 Å². The molecule has 0 saturated heterocycles. The lowest BCUT2D eigenvalue weighted by molar-refractivity contribution is -0.140. The molecule has 7 atom stereocenters. The Morgan fingerprint density at radius 1 is 1.08 bits per heavy atom. The van der Waals surface area contributed by atoms with Crippen LogP contribution in [0, 0.1) is 40.4 Å². The maximum absolute atomic E-state index is 12.9. The van der Waals surface area contributed by atoms with Crippen LogP contribution in [0.3, 0.4) is 0 Å². The zero-order chi connectivity index (χ0) is 19.1. The number of Topliss-reactive ketones (excluding diaryl/α,β-unsaturated/α-hetero) is 1. The molecule has 1 N–H and O–H groups in total. The first-order valence-corrected chi connectivity index (χ1v) is 11.0. The maximum atomic E-state index is 12.9. The highest BCUT2D eigenvalue weighted by Gasteiger charge is 2.61. The van der Waals surface area contributed by atoms with E-state index in [0.717, 1.165) is 31.1 Å². The Hall–Kier alpha value is -0.860. The Kier molecular flexibility index (Phi) is 5.57. The van der Waals surface area contributed by atoms with Crippen molar-refractivity contribution in [1.82, 2.24) is 0 Å². The van der Waals surface area contributed by atoms with E-state index in [1.807, 2.05) is 0 Å². The topological polar surface area (TPSA) is 54.4 Å². The molecule has 0 amide bonds. The van der Waals surface area contributed by atoms with E-state index >= 15 is 0 Å². The Morgan fingerprint density at radius 2 is 1.77 bits per heavy atom. The summed E-state index contributed by atoms with van der Waals surface area (Å²) in [5.74, 6) is 3.43. The minimum atomic E-state index is -0.833. The second-order valence-electron chi connectivity index (χ2n) is 10.1. The highest BCUT2D eigenvalue weighted by atomic mass is 16.4. The van der Waals surface area contributed by atoms with Crippen molar-refractivity contribution >= 4 is 11.8 Å². The summed E-state index contributed by atoms with van der Waals surface area (Å²) < 4.78 is 0. The van der Waals surface area contributed by atoms with Crippen LogP contribution in [0.1, 0.15) is 91.9 Å². The second-order valence-corrected chi connectivity index (χ2v) is 10.1. The number of carboxylic acids is 1. The standard InChI is InChI=1S/C21H34O.C2H4O2/c1-4-14-13-18(22)19-16-9-8-15-7-5-6-11-20(15,2)17(16)10-12-21(14,19)3;1-2(3)4/h14-17,19H,4-13H2,1-3H3;1H3,(H,3,4)/t14-,15?,16+,17-,19+,20-,21+;/m0./s1. The summed E-state index contributed by atoms with van der Waals surface area (Å²) in [7, 11) is 0. The number of aliphatic carboxylic acids is 1. The quantitative estimate of drug-likeness (QED) is 0.649. The van der Waals surface area contributed by atoms with Gasteiger partial charge in [-0.3, -0.25) is 9.59 Å². The Morgan fingerprint density at radius 3 is 2.42 bits per heavy atom. The normalized spacial score (nSPS) is 47.1. The van der Waals surface area contributed by atoms with Crippen LogP contribution in [0.4, 0.5) is 0 Å². The molecule has 4 rings (SSSR count). The molecule has 1 unspecified atom stereocenters. The monoisotopic (exact) mass is 362 g/mol. The summed E-state index contributed by atoms with van der Waals surface area (Å²) in [4.78, 5) is 21.9. The summed E-state index contributed by atoms with van der Waals surface area (Å²) >= 11 is 0. The third kappa shape index (κ3) is 3.14. The van der Waals surface area contributed by atoms with Crippen molar-refractivity contribution < 1.29 is 14.7 Å². The smallest absolute Gasteiger partial charge is 0.300 e. The molecule has 0 aromatic carbocycles. The zero-order valence-electron chi connectivity index (χ0n) is 17.2. The van der Waals surface area contributed by atoms with Gasteiger partial charge in [0, 0.05) is 19.3 Å². The first kappa shape index (κ1) is 19.9. The van der Waals surface area contributed by atoms with E-state index in [0.29, 0.717) is 28.4 Å². The highest BCUT2D eigenvalue weighted by molar-refractivity contribution is 5.85. The number of carboxylic acid groups (broad SMARTS) is 1. The van der Waals surface area contributed by atoms with Crippen molar-refractivity contribution in [3.05, 3.63) is 0 Å². The van der Waals surface area contributed by atoms with Gasteiger partial charge in [-0.1, -0.05) is 40.0 Å². The number of hydrogen-bond donors (Lipinski definition) is 1. The van der Waals surface area contributed by atoms with Gasteiger partial charge in [-0.25, -0.2) is 0 Å². The van der Waals surface area contributed by atoms with Crippen LogP contribution in [-0.2, 0) is 9.59 Å². The Bertz CT molecular complexity index is 552. The molecule has 4 aliphatic rings.